The number of fused-ring (bicyclic) bond motifs is 1. The van der Waals surface area contributed by atoms with Gasteiger partial charge in [0.15, 0.2) is 5.89 Å². The molecule has 3 heterocycles. The van der Waals surface area contributed by atoms with E-state index in [0.717, 1.165) is 22.6 Å². The Hall–Kier alpha value is -2.99. The van der Waals surface area contributed by atoms with Gasteiger partial charge in [0.2, 0.25) is 5.91 Å². The van der Waals surface area contributed by atoms with Gasteiger partial charge in [-0.25, -0.2) is 4.98 Å². The summed E-state index contributed by atoms with van der Waals surface area (Å²) in [6, 6.07) is 13.3. The van der Waals surface area contributed by atoms with E-state index in [2.05, 4.69) is 22.1 Å². The van der Waals surface area contributed by atoms with E-state index in [4.69, 9.17) is 10.2 Å². The molecule has 3 aromatic rings. The summed E-state index contributed by atoms with van der Waals surface area (Å²) >= 11 is 0. The molecule has 27 heavy (non-hydrogen) atoms. The molecule has 1 aromatic carbocycles. The molecule has 2 aromatic heterocycles. The lowest BCUT2D eigenvalue weighted by Crippen LogP contribution is -2.46. The minimum absolute atomic E-state index is 0.0509. The lowest BCUT2D eigenvalue weighted by Gasteiger charge is -2.28. The summed E-state index contributed by atoms with van der Waals surface area (Å²) in [5.41, 5.74) is 9.16. The number of nitrogens with two attached hydrogens (primary N) is 1. The molecule has 1 amide bonds. The second-order valence-electron chi connectivity index (χ2n) is 6.82. The van der Waals surface area contributed by atoms with Crippen LogP contribution >= 0.6 is 0 Å². The molecule has 2 N–H and O–H groups in total. The minimum atomic E-state index is -0.565. The highest BCUT2D eigenvalue weighted by atomic mass is 16.4. The van der Waals surface area contributed by atoms with E-state index in [-0.39, 0.29) is 5.91 Å². The van der Waals surface area contributed by atoms with E-state index in [0.29, 0.717) is 38.2 Å². The molecule has 0 radical (unpaired) electrons. The molecule has 0 spiro atoms. The Morgan fingerprint density at radius 3 is 2.70 bits per heavy atom. The molecule has 0 fully saturated rings. The van der Waals surface area contributed by atoms with Gasteiger partial charge in [0.25, 0.3) is 0 Å². The number of nitrogens with zero attached hydrogens (tertiary/aromatic N) is 3. The van der Waals surface area contributed by atoms with Crippen LogP contribution < -0.4 is 5.73 Å². The number of carbonyl (C=O) groups is 1. The van der Waals surface area contributed by atoms with E-state index >= 15 is 0 Å². The molecule has 6 nitrogen and oxygen atoms in total. The second-order valence-corrected chi connectivity index (χ2v) is 6.82. The van der Waals surface area contributed by atoms with E-state index in [1.165, 1.54) is 0 Å². The molecule has 0 aliphatic carbocycles. The van der Waals surface area contributed by atoms with Crippen molar-refractivity contribution in [2.45, 2.75) is 31.8 Å². The molecule has 138 valence electrons. The first-order chi connectivity index (χ1) is 13.2. The van der Waals surface area contributed by atoms with Gasteiger partial charge in [0.1, 0.15) is 11.5 Å². The zero-order valence-corrected chi connectivity index (χ0v) is 15.0. The van der Waals surface area contributed by atoms with Crippen molar-refractivity contribution in [2.75, 3.05) is 6.54 Å². The molecular weight excluding hydrogens is 340 g/mol. The number of amides is 1. The van der Waals surface area contributed by atoms with Gasteiger partial charge in [-0.3, -0.25) is 9.78 Å². The van der Waals surface area contributed by atoms with Crippen LogP contribution in [0.25, 0.3) is 0 Å². The van der Waals surface area contributed by atoms with E-state index in [9.17, 15) is 4.79 Å². The lowest BCUT2D eigenvalue weighted by molar-refractivity contribution is -0.133. The Morgan fingerprint density at radius 1 is 1.15 bits per heavy atom. The first-order valence-electron chi connectivity index (χ1n) is 9.13. The highest BCUT2D eigenvalue weighted by Gasteiger charge is 2.28. The van der Waals surface area contributed by atoms with Gasteiger partial charge in [-0.1, -0.05) is 30.3 Å². The van der Waals surface area contributed by atoms with Gasteiger partial charge in [-0.05, 0) is 29.7 Å². The van der Waals surface area contributed by atoms with Gasteiger partial charge < -0.3 is 15.1 Å². The number of aromatic nitrogens is 2. The molecule has 1 atom stereocenters. The predicted octanol–water partition coefficient (Wildman–Crippen LogP) is 2.12. The molecule has 6 heteroatoms. The monoisotopic (exact) mass is 362 g/mol. The van der Waals surface area contributed by atoms with Crippen LogP contribution in [0.4, 0.5) is 0 Å². The van der Waals surface area contributed by atoms with E-state index in [1.807, 2.05) is 30.3 Å². The number of benzene rings is 1. The van der Waals surface area contributed by atoms with Gasteiger partial charge in [0.05, 0.1) is 12.6 Å². The van der Waals surface area contributed by atoms with Crippen LogP contribution in [0, 0.1) is 0 Å². The third-order valence-electron chi connectivity index (χ3n) is 4.80. The maximum atomic E-state index is 12.7. The summed E-state index contributed by atoms with van der Waals surface area (Å²) < 4.78 is 5.91. The fourth-order valence-electron chi connectivity index (χ4n) is 3.38. The number of hydrogen-bond acceptors (Lipinski definition) is 5. The normalized spacial score (nSPS) is 14.6. The van der Waals surface area contributed by atoms with Crippen LogP contribution in [-0.2, 0) is 30.6 Å². The number of carbonyl (C=O) groups excluding carboxylic acids is 1. The first-order valence-corrected chi connectivity index (χ1v) is 9.13. The zero-order chi connectivity index (χ0) is 18.6. The summed E-state index contributed by atoms with van der Waals surface area (Å²) in [5, 5.41) is 0. The maximum absolute atomic E-state index is 12.7. The molecule has 0 unspecified atom stereocenters. The third kappa shape index (κ3) is 4.06. The Morgan fingerprint density at radius 2 is 1.93 bits per heavy atom. The first kappa shape index (κ1) is 17.4. The highest BCUT2D eigenvalue weighted by Crippen LogP contribution is 2.22. The smallest absolute Gasteiger partial charge is 0.240 e. The summed E-state index contributed by atoms with van der Waals surface area (Å²) in [6.07, 6.45) is 5.25. The van der Waals surface area contributed by atoms with Crippen LogP contribution in [0.1, 0.15) is 28.5 Å². The van der Waals surface area contributed by atoms with Crippen molar-refractivity contribution < 1.29 is 9.21 Å². The Bertz CT molecular complexity index is 908. The van der Waals surface area contributed by atoms with Crippen molar-refractivity contribution in [3.63, 3.8) is 0 Å². The number of rotatable bonds is 5. The van der Waals surface area contributed by atoms with Crippen molar-refractivity contribution >= 4 is 5.91 Å². The van der Waals surface area contributed by atoms with Crippen LogP contribution in [0.2, 0.25) is 0 Å². The molecule has 0 saturated heterocycles. The quantitative estimate of drug-likeness (QED) is 0.751. The number of oxazole rings is 1. The standard InChI is InChI=1S/C21H22N4O2/c22-17(12-16-6-9-23-10-7-16)21(26)25-11-8-19-18(14-25)24-20(27-19)13-15-4-2-1-3-5-15/h1-7,9-10,17H,8,11-14,22H2/t17-/m1/s1. The summed E-state index contributed by atoms with van der Waals surface area (Å²) in [4.78, 5) is 23.1. The predicted molar refractivity (Wildman–Crippen MR) is 101 cm³/mol. The van der Waals surface area contributed by atoms with Gasteiger partial charge in [0, 0.05) is 31.8 Å². The molecule has 1 aliphatic heterocycles. The largest absolute Gasteiger partial charge is 0.445 e. The summed E-state index contributed by atoms with van der Waals surface area (Å²) in [5.74, 6) is 1.53. The van der Waals surface area contributed by atoms with Crippen LogP contribution in [0.15, 0.2) is 59.3 Å². The van der Waals surface area contributed by atoms with E-state index < -0.39 is 6.04 Å². The van der Waals surface area contributed by atoms with Gasteiger partial charge in [-0.15, -0.1) is 0 Å². The Labute approximate surface area is 158 Å². The Kier molecular flexibility index (Phi) is 4.98. The highest BCUT2D eigenvalue weighted by molar-refractivity contribution is 5.82. The average Bonchev–Trinajstić information content (AvgIpc) is 3.10. The number of hydrogen-bond donors (Lipinski definition) is 1. The SMILES string of the molecule is N[C@H](Cc1ccncc1)C(=O)N1CCc2oc(Cc3ccccc3)nc2C1. The summed E-state index contributed by atoms with van der Waals surface area (Å²) in [6.45, 7) is 1.06. The van der Waals surface area contributed by atoms with Gasteiger partial charge in [-0.2, -0.15) is 0 Å². The fourth-order valence-corrected chi connectivity index (χ4v) is 3.38. The molecule has 0 bridgehead atoms. The Balaban J connectivity index is 1.41. The van der Waals surface area contributed by atoms with Crippen LogP contribution in [0.5, 0.6) is 0 Å². The van der Waals surface area contributed by atoms with Crippen molar-refractivity contribution in [1.29, 1.82) is 0 Å². The van der Waals surface area contributed by atoms with E-state index in [1.54, 1.807) is 17.3 Å². The minimum Gasteiger partial charge on any atom is -0.445 e. The third-order valence-corrected chi connectivity index (χ3v) is 4.80. The van der Waals surface area contributed by atoms with Crippen LogP contribution in [-0.4, -0.2) is 33.4 Å². The van der Waals surface area contributed by atoms with Crippen molar-refractivity contribution in [2.24, 2.45) is 5.73 Å². The second kappa shape index (κ2) is 7.72. The molecule has 0 saturated carbocycles. The lowest BCUT2D eigenvalue weighted by atomic mass is 10.1. The topological polar surface area (TPSA) is 85.2 Å². The number of pyridine rings is 1. The molecule has 4 rings (SSSR count). The van der Waals surface area contributed by atoms with Crippen molar-refractivity contribution in [1.82, 2.24) is 14.9 Å². The average molecular weight is 362 g/mol. The van der Waals surface area contributed by atoms with Crippen molar-refractivity contribution in [3.8, 4) is 0 Å². The zero-order valence-electron chi connectivity index (χ0n) is 15.0. The van der Waals surface area contributed by atoms with Gasteiger partial charge >= 0.3 is 0 Å². The molecule has 1 aliphatic rings. The fraction of sp³-hybridized carbons (Fsp3) is 0.286. The van der Waals surface area contributed by atoms with Crippen LogP contribution in [0.3, 0.4) is 0 Å². The molecular formula is C21H22N4O2. The maximum Gasteiger partial charge on any atom is 0.240 e. The van der Waals surface area contributed by atoms with Crippen molar-refractivity contribution in [3.05, 3.63) is 83.3 Å². The summed E-state index contributed by atoms with van der Waals surface area (Å²) in [7, 11) is 0.